The maximum Gasteiger partial charge on any atom is 0.359 e. The predicted molar refractivity (Wildman–Crippen MR) is 82.0 cm³/mol. The minimum absolute atomic E-state index is 0.112. The molecule has 1 N–H and O–H groups in total. The summed E-state index contributed by atoms with van der Waals surface area (Å²) in [6.07, 6.45) is 1.29. The molecule has 1 fully saturated rings. The van der Waals surface area contributed by atoms with Crippen LogP contribution in [-0.4, -0.2) is 41.4 Å². The average Bonchev–Trinajstić information content (AvgIpc) is 2.99. The Labute approximate surface area is 136 Å². The Balaban J connectivity index is 2.69. The molecule has 1 aliphatic heterocycles. The van der Waals surface area contributed by atoms with Crippen molar-refractivity contribution in [3.05, 3.63) is 27.7 Å². The first-order valence-corrected chi connectivity index (χ1v) is 7.73. The number of esters is 1. The van der Waals surface area contributed by atoms with E-state index in [1.54, 1.807) is 13.8 Å². The molecule has 126 valence electrons. The number of aromatic carboxylic acids is 1. The quantitative estimate of drug-likeness (QED) is 0.636. The van der Waals surface area contributed by atoms with Crippen LogP contribution in [-0.2, 0) is 8.92 Å². The summed E-state index contributed by atoms with van der Waals surface area (Å²) in [7, 11) is 1.21. The van der Waals surface area contributed by atoms with Gasteiger partial charge in [0.1, 0.15) is 10.9 Å². The number of aromatic nitrogens is 1. The first-order chi connectivity index (χ1) is 10.9. The number of carboxylic acid groups (broad SMARTS) is 1. The van der Waals surface area contributed by atoms with Gasteiger partial charge in [0.2, 0.25) is 5.43 Å². The van der Waals surface area contributed by atoms with Gasteiger partial charge in [-0.25, -0.2) is 9.59 Å². The summed E-state index contributed by atoms with van der Waals surface area (Å²) in [4.78, 5) is 35.9. The van der Waals surface area contributed by atoms with E-state index < -0.39 is 29.0 Å². The SMILES string of the molecule is COc1c(C(=O)OC(C)C)n([C@@H]2CCOS2)cc(C(=O)O)c1=O. The average molecular weight is 343 g/mol. The Hall–Kier alpha value is -2.00. The van der Waals surface area contributed by atoms with Gasteiger partial charge in [-0.3, -0.25) is 4.79 Å². The third-order valence-electron chi connectivity index (χ3n) is 3.10. The summed E-state index contributed by atoms with van der Waals surface area (Å²) in [5.74, 6) is -2.49. The van der Waals surface area contributed by atoms with E-state index in [1.807, 2.05) is 0 Å². The maximum atomic E-state index is 12.4. The van der Waals surface area contributed by atoms with E-state index in [0.29, 0.717) is 13.0 Å². The molecule has 0 radical (unpaired) electrons. The minimum Gasteiger partial charge on any atom is -0.491 e. The lowest BCUT2D eigenvalue weighted by Crippen LogP contribution is -2.28. The second-order valence-corrected chi connectivity index (χ2v) is 6.05. The van der Waals surface area contributed by atoms with E-state index in [1.165, 1.54) is 11.7 Å². The van der Waals surface area contributed by atoms with Gasteiger partial charge in [-0.15, -0.1) is 0 Å². The number of carbonyl (C=O) groups is 2. The summed E-state index contributed by atoms with van der Waals surface area (Å²) < 4.78 is 16.8. The fourth-order valence-electron chi connectivity index (χ4n) is 2.16. The Bertz CT molecular complexity index is 676. The molecule has 1 aromatic heterocycles. The lowest BCUT2D eigenvalue weighted by molar-refractivity contribution is 0.0357. The van der Waals surface area contributed by atoms with Crippen LogP contribution in [0.25, 0.3) is 0 Å². The maximum absolute atomic E-state index is 12.4. The number of carbonyl (C=O) groups excluding carboxylic acids is 1. The highest BCUT2D eigenvalue weighted by molar-refractivity contribution is 7.94. The number of methoxy groups -OCH3 is 1. The molecule has 0 spiro atoms. The first-order valence-electron chi connectivity index (χ1n) is 6.92. The number of nitrogens with zero attached hydrogens (tertiary/aromatic N) is 1. The monoisotopic (exact) mass is 343 g/mol. The van der Waals surface area contributed by atoms with Crippen LogP contribution in [0.5, 0.6) is 5.75 Å². The summed E-state index contributed by atoms with van der Waals surface area (Å²) in [6.45, 7) is 3.79. The van der Waals surface area contributed by atoms with E-state index in [9.17, 15) is 19.5 Å². The molecular formula is C14H17NO7S. The van der Waals surface area contributed by atoms with Gasteiger partial charge in [0, 0.05) is 24.7 Å². The number of hydrogen-bond acceptors (Lipinski definition) is 7. The van der Waals surface area contributed by atoms with Crippen molar-refractivity contribution in [1.29, 1.82) is 0 Å². The number of ether oxygens (including phenoxy) is 2. The van der Waals surface area contributed by atoms with Crippen LogP contribution in [0.2, 0.25) is 0 Å². The van der Waals surface area contributed by atoms with Crippen LogP contribution in [0, 0.1) is 0 Å². The normalized spacial score (nSPS) is 17.3. The van der Waals surface area contributed by atoms with Gasteiger partial charge in [-0.2, -0.15) is 0 Å². The summed E-state index contributed by atoms with van der Waals surface area (Å²) in [6, 6.07) is 0. The van der Waals surface area contributed by atoms with Crippen molar-refractivity contribution < 1.29 is 28.4 Å². The zero-order chi connectivity index (χ0) is 17.1. The molecule has 2 rings (SSSR count). The molecule has 1 atom stereocenters. The van der Waals surface area contributed by atoms with Crippen molar-refractivity contribution >= 4 is 24.0 Å². The molecule has 1 saturated heterocycles. The molecule has 0 unspecified atom stereocenters. The molecule has 0 bridgehead atoms. The molecule has 8 nitrogen and oxygen atoms in total. The van der Waals surface area contributed by atoms with Crippen molar-refractivity contribution in [2.45, 2.75) is 31.7 Å². The van der Waals surface area contributed by atoms with Gasteiger partial charge in [-0.1, -0.05) is 0 Å². The zero-order valence-electron chi connectivity index (χ0n) is 12.9. The van der Waals surface area contributed by atoms with Crippen LogP contribution in [0.15, 0.2) is 11.0 Å². The van der Waals surface area contributed by atoms with Gasteiger partial charge in [0.15, 0.2) is 11.4 Å². The van der Waals surface area contributed by atoms with Gasteiger partial charge in [0.25, 0.3) is 0 Å². The molecule has 0 aromatic carbocycles. The molecular weight excluding hydrogens is 326 g/mol. The highest BCUT2D eigenvalue weighted by Gasteiger charge is 2.31. The van der Waals surface area contributed by atoms with Gasteiger partial charge < -0.3 is 23.3 Å². The third kappa shape index (κ3) is 3.50. The Morgan fingerprint density at radius 1 is 1.48 bits per heavy atom. The highest BCUT2D eigenvalue weighted by Crippen LogP contribution is 2.36. The van der Waals surface area contributed by atoms with E-state index in [0.717, 1.165) is 18.2 Å². The zero-order valence-corrected chi connectivity index (χ0v) is 13.7. The van der Waals surface area contributed by atoms with Crippen molar-refractivity contribution in [1.82, 2.24) is 4.57 Å². The second kappa shape index (κ2) is 7.05. The first kappa shape index (κ1) is 17.4. The summed E-state index contributed by atoms with van der Waals surface area (Å²) in [5.41, 5.74) is -1.45. The number of pyridine rings is 1. The van der Waals surface area contributed by atoms with Gasteiger partial charge in [-0.05, 0) is 13.8 Å². The second-order valence-electron chi connectivity index (χ2n) is 5.08. The third-order valence-corrected chi connectivity index (χ3v) is 4.09. The summed E-state index contributed by atoms with van der Waals surface area (Å²) >= 11 is 1.10. The number of hydrogen-bond donors (Lipinski definition) is 1. The van der Waals surface area contributed by atoms with Crippen LogP contribution in [0.1, 0.15) is 46.5 Å². The van der Waals surface area contributed by atoms with Gasteiger partial charge >= 0.3 is 11.9 Å². The Morgan fingerprint density at radius 3 is 2.65 bits per heavy atom. The largest absolute Gasteiger partial charge is 0.491 e. The standard InChI is InChI=1S/C14H17NO7S/c1-7(2)22-14(19)10-12(20-3)11(16)8(13(17)18)6-15(10)9-4-5-21-23-9/h6-7,9H,4-5H2,1-3H3,(H,17,18)/t9-/m0/s1. The highest BCUT2D eigenvalue weighted by atomic mass is 32.2. The minimum atomic E-state index is -1.39. The van der Waals surface area contributed by atoms with Crippen molar-refractivity contribution in [3.63, 3.8) is 0 Å². The molecule has 1 aliphatic rings. The molecule has 0 aliphatic carbocycles. The van der Waals surface area contributed by atoms with Crippen molar-refractivity contribution in [3.8, 4) is 5.75 Å². The van der Waals surface area contributed by atoms with Crippen LogP contribution in [0.4, 0.5) is 0 Å². The topological polar surface area (TPSA) is 104 Å². The smallest absolute Gasteiger partial charge is 0.359 e. The van der Waals surface area contributed by atoms with Crippen LogP contribution in [0.3, 0.4) is 0 Å². The predicted octanol–water partition coefficient (Wildman–Crippen LogP) is 1.69. The number of rotatable bonds is 5. The van der Waals surface area contributed by atoms with E-state index >= 15 is 0 Å². The lowest BCUT2D eigenvalue weighted by Gasteiger charge is -2.20. The van der Waals surface area contributed by atoms with Crippen molar-refractivity contribution in [2.24, 2.45) is 0 Å². The van der Waals surface area contributed by atoms with E-state index in [-0.39, 0.29) is 16.8 Å². The summed E-state index contributed by atoms with van der Waals surface area (Å²) in [5, 5.41) is 8.85. The molecule has 9 heteroatoms. The molecule has 0 amide bonds. The molecule has 23 heavy (non-hydrogen) atoms. The lowest BCUT2D eigenvalue weighted by atomic mass is 10.2. The molecule has 0 saturated carbocycles. The number of carboxylic acids is 1. The fraction of sp³-hybridized carbons (Fsp3) is 0.500. The fourth-order valence-corrected chi connectivity index (χ4v) is 2.96. The Morgan fingerprint density at radius 2 is 2.17 bits per heavy atom. The molecule has 2 heterocycles. The van der Waals surface area contributed by atoms with Crippen LogP contribution < -0.4 is 10.2 Å². The Kier molecular flexibility index (Phi) is 5.32. The van der Waals surface area contributed by atoms with Crippen molar-refractivity contribution in [2.75, 3.05) is 13.7 Å². The molecule has 1 aromatic rings. The van der Waals surface area contributed by atoms with Gasteiger partial charge in [0.05, 0.1) is 19.8 Å². The van der Waals surface area contributed by atoms with E-state index in [2.05, 4.69) is 0 Å². The van der Waals surface area contributed by atoms with E-state index in [4.69, 9.17) is 13.7 Å². The van der Waals surface area contributed by atoms with Crippen LogP contribution >= 0.6 is 12.0 Å².